The van der Waals surface area contributed by atoms with Gasteiger partial charge in [0.05, 0.1) is 26.0 Å². The summed E-state index contributed by atoms with van der Waals surface area (Å²) >= 11 is 0. The molecular formula is C22H25F2NO6. The van der Waals surface area contributed by atoms with Crippen molar-refractivity contribution < 1.29 is 32.6 Å². The van der Waals surface area contributed by atoms with E-state index in [0.717, 1.165) is 32.4 Å². The van der Waals surface area contributed by atoms with Gasteiger partial charge < -0.3 is 19.0 Å². The summed E-state index contributed by atoms with van der Waals surface area (Å²) in [6, 6.07) is 6.94. The molecule has 1 N–H and O–H groups in total. The van der Waals surface area contributed by atoms with Gasteiger partial charge in [-0.2, -0.15) is 8.78 Å². The maximum absolute atomic E-state index is 12.6. The molecule has 9 heteroatoms. The molecule has 1 aliphatic heterocycles. The third-order valence-electron chi connectivity index (χ3n) is 5.23. The summed E-state index contributed by atoms with van der Waals surface area (Å²) in [7, 11) is 1.21. The van der Waals surface area contributed by atoms with Crippen molar-refractivity contribution in [3.63, 3.8) is 0 Å². The highest BCUT2D eigenvalue weighted by Crippen LogP contribution is 2.35. The first-order chi connectivity index (χ1) is 14.9. The number of ether oxygens (including phenoxy) is 2. The van der Waals surface area contributed by atoms with Crippen LogP contribution in [-0.2, 0) is 16.1 Å². The van der Waals surface area contributed by atoms with Crippen LogP contribution in [0.3, 0.4) is 0 Å². The molecule has 1 fully saturated rings. The molecule has 3 rings (SSSR count). The molecular weight excluding hydrogens is 412 g/mol. The van der Waals surface area contributed by atoms with E-state index in [9.17, 15) is 23.5 Å². The predicted octanol–water partition coefficient (Wildman–Crippen LogP) is 3.63. The van der Waals surface area contributed by atoms with Crippen LogP contribution in [-0.4, -0.2) is 42.8 Å². The van der Waals surface area contributed by atoms with Gasteiger partial charge in [-0.25, -0.2) is 0 Å². The van der Waals surface area contributed by atoms with Crippen LogP contribution in [0.5, 0.6) is 11.5 Å². The van der Waals surface area contributed by atoms with E-state index < -0.39 is 29.7 Å². The molecule has 168 valence electrons. The smallest absolute Gasteiger partial charge is 0.387 e. The van der Waals surface area contributed by atoms with E-state index in [-0.39, 0.29) is 17.9 Å². The number of likely N-dealkylation sites (tertiary alicyclic amines) is 1. The molecule has 0 bridgehead atoms. The summed E-state index contributed by atoms with van der Waals surface area (Å²) in [5.41, 5.74) is -0.278. The van der Waals surface area contributed by atoms with Crippen LogP contribution in [0.2, 0.25) is 0 Å². The number of hydrogen-bond donors (Lipinski definition) is 1. The molecule has 1 aromatic carbocycles. The lowest BCUT2D eigenvalue weighted by Crippen LogP contribution is -2.29. The molecule has 1 atom stereocenters. The van der Waals surface area contributed by atoms with Crippen LogP contribution in [0.1, 0.15) is 48.7 Å². The van der Waals surface area contributed by atoms with Crippen molar-refractivity contribution in [1.29, 1.82) is 0 Å². The number of methoxy groups -OCH3 is 1. The Hall–Kier alpha value is -2.94. The number of benzene rings is 1. The molecule has 31 heavy (non-hydrogen) atoms. The molecule has 0 amide bonds. The van der Waals surface area contributed by atoms with Crippen molar-refractivity contribution in [1.82, 2.24) is 4.90 Å². The Bertz CT molecular complexity index is 955. The van der Waals surface area contributed by atoms with E-state index in [1.165, 1.54) is 31.4 Å². The average molecular weight is 437 g/mol. The standard InChI is InChI=1S/C22H25F2NO6/c1-29-19(27)12-17(14-6-5-7-15(10-14)31-22(23)24)21-20(28)18(26)11-16(30-21)13-25-8-3-2-4-9-25/h5-7,10-11,17,22,28H,2-4,8-9,12-13H2,1H3/t17-/m1/s1. The number of esters is 1. The lowest BCUT2D eigenvalue weighted by molar-refractivity contribution is -0.141. The van der Waals surface area contributed by atoms with Gasteiger partial charge in [-0.05, 0) is 43.6 Å². The number of piperidine rings is 1. The third kappa shape index (κ3) is 6.04. The summed E-state index contributed by atoms with van der Waals surface area (Å²) in [6.07, 6.45) is 2.99. The van der Waals surface area contributed by atoms with E-state index in [0.29, 0.717) is 17.9 Å². The highest BCUT2D eigenvalue weighted by atomic mass is 19.3. The van der Waals surface area contributed by atoms with Gasteiger partial charge in [-0.3, -0.25) is 14.5 Å². The SMILES string of the molecule is COC(=O)C[C@H](c1cccc(OC(F)F)c1)c1oc(CN2CCCCC2)cc(=O)c1O. The normalized spacial score (nSPS) is 15.6. The number of aromatic hydroxyl groups is 1. The molecule has 2 aromatic rings. The Morgan fingerprint density at radius 1 is 1.23 bits per heavy atom. The second-order valence-electron chi connectivity index (χ2n) is 7.41. The van der Waals surface area contributed by atoms with Crippen molar-refractivity contribution >= 4 is 5.97 Å². The number of hydrogen-bond acceptors (Lipinski definition) is 7. The Labute approximate surface area is 178 Å². The van der Waals surface area contributed by atoms with E-state index in [2.05, 4.69) is 9.64 Å². The minimum absolute atomic E-state index is 0.112. The Kier molecular flexibility index (Phi) is 7.62. The van der Waals surface area contributed by atoms with Gasteiger partial charge in [0.2, 0.25) is 11.2 Å². The zero-order chi connectivity index (χ0) is 22.4. The van der Waals surface area contributed by atoms with Crippen molar-refractivity contribution in [2.45, 2.75) is 44.8 Å². The molecule has 1 aromatic heterocycles. The molecule has 7 nitrogen and oxygen atoms in total. The van der Waals surface area contributed by atoms with Gasteiger partial charge >= 0.3 is 12.6 Å². The van der Waals surface area contributed by atoms with E-state index in [1.54, 1.807) is 6.07 Å². The van der Waals surface area contributed by atoms with E-state index in [4.69, 9.17) is 9.15 Å². The third-order valence-corrected chi connectivity index (χ3v) is 5.23. The number of halogens is 2. The van der Waals surface area contributed by atoms with Gasteiger partial charge in [0.1, 0.15) is 11.5 Å². The first kappa shape index (κ1) is 22.7. The molecule has 0 spiro atoms. The maximum atomic E-state index is 12.6. The fourth-order valence-corrected chi connectivity index (χ4v) is 3.73. The molecule has 0 saturated carbocycles. The molecule has 0 aliphatic carbocycles. The topological polar surface area (TPSA) is 89.2 Å². The van der Waals surface area contributed by atoms with Gasteiger partial charge in [0.15, 0.2) is 5.76 Å². The molecule has 1 saturated heterocycles. The van der Waals surface area contributed by atoms with Crippen LogP contribution in [0.25, 0.3) is 0 Å². The van der Waals surface area contributed by atoms with Crippen LogP contribution in [0.4, 0.5) is 8.78 Å². The van der Waals surface area contributed by atoms with Crippen LogP contribution in [0.15, 0.2) is 39.5 Å². The number of nitrogens with zero attached hydrogens (tertiary/aromatic N) is 1. The quantitative estimate of drug-likeness (QED) is 0.631. The largest absolute Gasteiger partial charge is 0.502 e. The Morgan fingerprint density at radius 3 is 2.65 bits per heavy atom. The number of alkyl halides is 2. The zero-order valence-corrected chi connectivity index (χ0v) is 17.2. The summed E-state index contributed by atoms with van der Waals surface area (Å²) in [6.45, 7) is -0.882. The van der Waals surface area contributed by atoms with E-state index in [1.807, 2.05) is 0 Å². The Balaban J connectivity index is 2.00. The summed E-state index contributed by atoms with van der Waals surface area (Å²) in [5, 5.41) is 10.4. The number of carbonyl (C=O) groups is 1. The Morgan fingerprint density at radius 2 is 1.97 bits per heavy atom. The van der Waals surface area contributed by atoms with Gasteiger partial charge in [-0.15, -0.1) is 0 Å². The van der Waals surface area contributed by atoms with Crippen molar-refractivity contribution in [3.8, 4) is 11.5 Å². The first-order valence-corrected chi connectivity index (χ1v) is 10.1. The van der Waals surface area contributed by atoms with Gasteiger partial charge in [0, 0.05) is 6.07 Å². The maximum Gasteiger partial charge on any atom is 0.387 e. The van der Waals surface area contributed by atoms with Crippen molar-refractivity contribution in [2.75, 3.05) is 20.2 Å². The molecule has 1 aliphatic rings. The fraction of sp³-hybridized carbons (Fsp3) is 0.455. The van der Waals surface area contributed by atoms with Crippen molar-refractivity contribution in [2.24, 2.45) is 0 Å². The minimum Gasteiger partial charge on any atom is -0.502 e. The van der Waals surface area contributed by atoms with Crippen LogP contribution >= 0.6 is 0 Å². The lowest BCUT2D eigenvalue weighted by Gasteiger charge is -2.26. The number of carbonyl (C=O) groups excluding carboxylic acids is 1. The second-order valence-corrected chi connectivity index (χ2v) is 7.41. The van der Waals surface area contributed by atoms with Gasteiger partial charge in [0.25, 0.3) is 0 Å². The van der Waals surface area contributed by atoms with Crippen LogP contribution in [0, 0.1) is 0 Å². The first-order valence-electron chi connectivity index (χ1n) is 10.1. The minimum atomic E-state index is -3.02. The molecule has 0 unspecified atom stereocenters. The average Bonchev–Trinajstić information content (AvgIpc) is 2.75. The highest BCUT2D eigenvalue weighted by molar-refractivity contribution is 5.71. The molecule has 0 radical (unpaired) electrons. The second kappa shape index (κ2) is 10.4. The lowest BCUT2D eigenvalue weighted by atomic mass is 9.92. The molecule has 2 heterocycles. The summed E-state index contributed by atoms with van der Waals surface area (Å²) in [5.74, 6) is -2.05. The highest BCUT2D eigenvalue weighted by Gasteiger charge is 2.27. The fourth-order valence-electron chi connectivity index (χ4n) is 3.73. The van der Waals surface area contributed by atoms with E-state index >= 15 is 0 Å². The monoisotopic (exact) mass is 437 g/mol. The predicted molar refractivity (Wildman–Crippen MR) is 107 cm³/mol. The van der Waals surface area contributed by atoms with Crippen molar-refractivity contribution in [3.05, 3.63) is 57.6 Å². The number of rotatable bonds is 8. The van der Waals surface area contributed by atoms with Crippen LogP contribution < -0.4 is 10.2 Å². The summed E-state index contributed by atoms with van der Waals surface area (Å²) < 4.78 is 40.3. The summed E-state index contributed by atoms with van der Waals surface area (Å²) in [4.78, 5) is 26.6. The zero-order valence-electron chi connectivity index (χ0n) is 17.2. The van der Waals surface area contributed by atoms with Gasteiger partial charge in [-0.1, -0.05) is 18.6 Å².